The standard InChI is InChI=1S/C20H19FN2O2S/c1-13-17(26-19(23-13)14-6-4-3-5-7-14)18(24)22-12-20(2,25)15-8-10-16(21)11-9-15/h3-11,25H,12H2,1-2H3,(H,22,24). The molecule has 1 unspecified atom stereocenters. The molecule has 1 amide bonds. The van der Waals surface area contributed by atoms with E-state index in [2.05, 4.69) is 10.3 Å². The van der Waals surface area contributed by atoms with Crippen LogP contribution >= 0.6 is 11.3 Å². The molecule has 0 spiro atoms. The number of aryl methyl sites for hydroxylation is 1. The molecule has 0 aliphatic rings. The Bertz CT molecular complexity index is 905. The first-order valence-electron chi connectivity index (χ1n) is 8.16. The van der Waals surface area contributed by atoms with E-state index in [-0.39, 0.29) is 18.3 Å². The molecule has 2 aromatic carbocycles. The van der Waals surface area contributed by atoms with Crippen LogP contribution in [0.2, 0.25) is 0 Å². The summed E-state index contributed by atoms with van der Waals surface area (Å²) in [7, 11) is 0. The molecule has 134 valence electrons. The van der Waals surface area contributed by atoms with Crippen molar-refractivity contribution in [1.82, 2.24) is 10.3 Å². The molecule has 0 radical (unpaired) electrons. The Balaban J connectivity index is 1.72. The van der Waals surface area contributed by atoms with E-state index >= 15 is 0 Å². The van der Waals surface area contributed by atoms with Crippen molar-refractivity contribution in [3.63, 3.8) is 0 Å². The van der Waals surface area contributed by atoms with Crippen molar-refractivity contribution in [3.8, 4) is 10.6 Å². The lowest BCUT2D eigenvalue weighted by Crippen LogP contribution is -2.38. The Morgan fingerprint density at radius 2 is 1.85 bits per heavy atom. The van der Waals surface area contributed by atoms with Crippen LogP contribution in [0.4, 0.5) is 4.39 Å². The molecule has 1 aromatic heterocycles. The van der Waals surface area contributed by atoms with Gasteiger partial charge in [-0.05, 0) is 31.5 Å². The summed E-state index contributed by atoms with van der Waals surface area (Å²) in [6.45, 7) is 3.38. The predicted molar refractivity (Wildman–Crippen MR) is 101 cm³/mol. The van der Waals surface area contributed by atoms with Crippen molar-refractivity contribution in [2.75, 3.05) is 6.54 Å². The molecular formula is C20H19FN2O2S. The highest BCUT2D eigenvalue weighted by molar-refractivity contribution is 7.17. The van der Waals surface area contributed by atoms with Gasteiger partial charge in [0.1, 0.15) is 21.3 Å². The smallest absolute Gasteiger partial charge is 0.263 e. The van der Waals surface area contributed by atoms with Crippen molar-refractivity contribution in [3.05, 3.63) is 76.5 Å². The number of aliphatic hydroxyl groups is 1. The first kappa shape index (κ1) is 18.2. The van der Waals surface area contributed by atoms with E-state index in [4.69, 9.17) is 0 Å². The van der Waals surface area contributed by atoms with Crippen molar-refractivity contribution < 1.29 is 14.3 Å². The number of hydrogen-bond donors (Lipinski definition) is 2. The molecule has 0 aliphatic heterocycles. The van der Waals surface area contributed by atoms with Crippen molar-refractivity contribution in [2.45, 2.75) is 19.4 Å². The third kappa shape index (κ3) is 3.98. The molecule has 0 aliphatic carbocycles. The summed E-state index contributed by atoms with van der Waals surface area (Å²) in [6, 6.07) is 15.2. The highest BCUT2D eigenvalue weighted by atomic mass is 32.1. The average Bonchev–Trinajstić information content (AvgIpc) is 3.03. The molecule has 2 N–H and O–H groups in total. The van der Waals surface area contributed by atoms with Crippen LogP contribution in [0.25, 0.3) is 10.6 Å². The minimum absolute atomic E-state index is 0.00940. The summed E-state index contributed by atoms with van der Waals surface area (Å²) in [4.78, 5) is 17.5. The lowest BCUT2D eigenvalue weighted by Gasteiger charge is -2.24. The van der Waals surface area contributed by atoms with E-state index in [1.807, 2.05) is 30.3 Å². The van der Waals surface area contributed by atoms with E-state index in [1.165, 1.54) is 35.6 Å². The summed E-state index contributed by atoms with van der Waals surface area (Å²) in [6.07, 6.45) is 0. The number of nitrogens with zero attached hydrogens (tertiary/aromatic N) is 1. The largest absolute Gasteiger partial charge is 0.384 e. The predicted octanol–water partition coefficient (Wildman–Crippen LogP) is 3.90. The number of thiazole rings is 1. The normalized spacial score (nSPS) is 13.2. The number of benzene rings is 2. The van der Waals surface area contributed by atoms with Crippen LogP contribution in [0.1, 0.15) is 27.9 Å². The van der Waals surface area contributed by atoms with Gasteiger partial charge in [-0.1, -0.05) is 42.5 Å². The summed E-state index contributed by atoms with van der Waals surface area (Å²) in [5.74, 6) is -0.660. The fraction of sp³-hybridized carbons (Fsp3) is 0.200. The Hall–Kier alpha value is -2.57. The molecule has 3 rings (SSSR count). The minimum atomic E-state index is -1.30. The lowest BCUT2D eigenvalue weighted by atomic mass is 9.96. The van der Waals surface area contributed by atoms with Gasteiger partial charge in [0.2, 0.25) is 0 Å². The number of carbonyl (C=O) groups excluding carboxylic acids is 1. The Morgan fingerprint density at radius 3 is 2.50 bits per heavy atom. The molecule has 4 nitrogen and oxygen atoms in total. The molecule has 0 bridgehead atoms. The average molecular weight is 370 g/mol. The zero-order valence-electron chi connectivity index (χ0n) is 14.5. The second-order valence-corrected chi connectivity index (χ2v) is 7.26. The molecule has 0 fully saturated rings. The Morgan fingerprint density at radius 1 is 1.19 bits per heavy atom. The highest BCUT2D eigenvalue weighted by Crippen LogP contribution is 2.28. The van der Waals surface area contributed by atoms with Crippen LogP contribution in [0.5, 0.6) is 0 Å². The number of carbonyl (C=O) groups is 1. The quantitative estimate of drug-likeness (QED) is 0.716. The number of halogens is 1. The number of hydrogen-bond acceptors (Lipinski definition) is 4. The van der Waals surface area contributed by atoms with E-state index in [0.717, 1.165) is 10.6 Å². The van der Waals surface area contributed by atoms with Gasteiger partial charge in [0, 0.05) is 5.56 Å². The molecule has 0 saturated carbocycles. The highest BCUT2D eigenvalue weighted by Gasteiger charge is 2.25. The van der Waals surface area contributed by atoms with Gasteiger partial charge < -0.3 is 10.4 Å². The first-order valence-corrected chi connectivity index (χ1v) is 8.98. The monoisotopic (exact) mass is 370 g/mol. The van der Waals surface area contributed by atoms with Crippen LogP contribution < -0.4 is 5.32 Å². The van der Waals surface area contributed by atoms with Gasteiger partial charge >= 0.3 is 0 Å². The van der Waals surface area contributed by atoms with Crippen LogP contribution in [0, 0.1) is 12.7 Å². The van der Waals surface area contributed by atoms with Gasteiger partial charge in [-0.15, -0.1) is 11.3 Å². The van der Waals surface area contributed by atoms with Crippen LogP contribution in [-0.4, -0.2) is 22.5 Å². The van der Waals surface area contributed by atoms with Gasteiger partial charge in [-0.25, -0.2) is 9.37 Å². The van der Waals surface area contributed by atoms with Gasteiger partial charge in [-0.3, -0.25) is 4.79 Å². The number of rotatable bonds is 5. The van der Waals surface area contributed by atoms with Gasteiger partial charge in [-0.2, -0.15) is 0 Å². The number of amides is 1. The fourth-order valence-corrected chi connectivity index (χ4v) is 3.54. The zero-order valence-corrected chi connectivity index (χ0v) is 15.3. The Kier molecular flexibility index (Phi) is 5.15. The third-order valence-corrected chi connectivity index (χ3v) is 5.29. The first-order chi connectivity index (χ1) is 12.4. The van der Waals surface area contributed by atoms with Gasteiger partial charge in [0.15, 0.2) is 0 Å². The number of nitrogens with one attached hydrogen (secondary N) is 1. The molecule has 1 atom stereocenters. The van der Waals surface area contributed by atoms with E-state index in [0.29, 0.717) is 16.1 Å². The summed E-state index contributed by atoms with van der Waals surface area (Å²) < 4.78 is 13.0. The van der Waals surface area contributed by atoms with Crippen molar-refractivity contribution >= 4 is 17.2 Å². The topological polar surface area (TPSA) is 62.2 Å². The van der Waals surface area contributed by atoms with Crippen LogP contribution in [0.15, 0.2) is 54.6 Å². The second-order valence-electron chi connectivity index (χ2n) is 6.26. The van der Waals surface area contributed by atoms with Gasteiger partial charge in [0.05, 0.1) is 12.2 Å². The Labute approximate surface area is 155 Å². The summed E-state index contributed by atoms with van der Waals surface area (Å²) in [5.41, 5.74) is 0.834. The molecule has 3 aromatic rings. The van der Waals surface area contributed by atoms with E-state index in [9.17, 15) is 14.3 Å². The maximum absolute atomic E-state index is 13.0. The summed E-state index contributed by atoms with van der Waals surface area (Å²) >= 11 is 1.31. The van der Waals surface area contributed by atoms with E-state index in [1.54, 1.807) is 13.8 Å². The molecule has 0 saturated heterocycles. The maximum Gasteiger partial charge on any atom is 0.263 e. The lowest BCUT2D eigenvalue weighted by molar-refractivity contribution is 0.0527. The van der Waals surface area contributed by atoms with Gasteiger partial charge in [0.25, 0.3) is 5.91 Å². The van der Waals surface area contributed by atoms with Crippen molar-refractivity contribution in [2.24, 2.45) is 0 Å². The molecule has 26 heavy (non-hydrogen) atoms. The number of aromatic nitrogens is 1. The maximum atomic E-state index is 13.0. The van der Waals surface area contributed by atoms with Crippen LogP contribution in [-0.2, 0) is 5.60 Å². The van der Waals surface area contributed by atoms with Crippen molar-refractivity contribution in [1.29, 1.82) is 0 Å². The molecular weight excluding hydrogens is 351 g/mol. The minimum Gasteiger partial charge on any atom is -0.384 e. The van der Waals surface area contributed by atoms with Crippen LogP contribution in [0.3, 0.4) is 0 Å². The SMILES string of the molecule is Cc1nc(-c2ccccc2)sc1C(=O)NCC(C)(O)c1ccc(F)cc1. The second kappa shape index (κ2) is 7.35. The molecule has 1 heterocycles. The fourth-order valence-electron chi connectivity index (χ4n) is 2.55. The third-order valence-electron chi connectivity index (χ3n) is 4.08. The van der Waals surface area contributed by atoms with E-state index < -0.39 is 5.60 Å². The summed E-state index contributed by atoms with van der Waals surface area (Å²) in [5, 5.41) is 14.1. The zero-order chi connectivity index (χ0) is 18.7. The molecule has 6 heteroatoms.